The fourth-order valence-electron chi connectivity index (χ4n) is 5.27. The van der Waals surface area contributed by atoms with E-state index in [4.69, 9.17) is 16.3 Å². The molecule has 2 aliphatic carbocycles. The van der Waals surface area contributed by atoms with E-state index in [1.54, 1.807) is 6.07 Å². The first-order chi connectivity index (χ1) is 11.6. The number of rotatable bonds is 2. The molecule has 1 spiro atoms. The Morgan fingerprint density at radius 1 is 1.21 bits per heavy atom. The van der Waals surface area contributed by atoms with Crippen LogP contribution >= 0.6 is 11.6 Å². The second kappa shape index (κ2) is 5.34. The van der Waals surface area contributed by atoms with Crippen molar-refractivity contribution in [1.82, 2.24) is 4.90 Å². The fraction of sp³-hybridized carbons (Fsp3) is 0.550. The second-order valence-corrected chi connectivity index (χ2v) is 8.35. The predicted octanol–water partition coefficient (Wildman–Crippen LogP) is 4.01. The Bertz CT molecular complexity index is 720. The van der Waals surface area contributed by atoms with Gasteiger partial charge >= 0.3 is 5.97 Å². The van der Waals surface area contributed by atoms with Gasteiger partial charge in [0.15, 0.2) is 0 Å². The Morgan fingerprint density at radius 3 is 2.75 bits per heavy atom. The van der Waals surface area contributed by atoms with E-state index in [0.29, 0.717) is 10.6 Å². The fourth-order valence-corrected chi connectivity index (χ4v) is 5.45. The Morgan fingerprint density at radius 2 is 2.04 bits per heavy atom. The van der Waals surface area contributed by atoms with Gasteiger partial charge in [0.2, 0.25) is 0 Å². The Hall–Kier alpha value is -1.32. The Kier molecular flexibility index (Phi) is 3.33. The molecule has 1 aromatic rings. The lowest BCUT2D eigenvalue weighted by atomic mass is 9.83. The number of fused-ring (bicyclic) bond motifs is 4. The quantitative estimate of drug-likeness (QED) is 0.600. The summed E-state index contributed by atoms with van der Waals surface area (Å²) in [6.07, 6.45) is 9.36. The summed E-state index contributed by atoms with van der Waals surface area (Å²) in [4.78, 5) is 14.8. The van der Waals surface area contributed by atoms with Gasteiger partial charge in [0.25, 0.3) is 0 Å². The van der Waals surface area contributed by atoms with Crippen molar-refractivity contribution >= 4 is 17.6 Å². The summed E-state index contributed by atoms with van der Waals surface area (Å²) in [5, 5.41) is 0.601. The summed E-state index contributed by atoms with van der Waals surface area (Å²) in [7, 11) is 0. The number of likely N-dealkylation sites (tertiary alicyclic amines) is 1. The number of hydrogen-bond donors (Lipinski definition) is 0. The van der Waals surface area contributed by atoms with Gasteiger partial charge in [0, 0.05) is 43.1 Å². The molecule has 2 fully saturated rings. The maximum absolute atomic E-state index is 12.2. The summed E-state index contributed by atoms with van der Waals surface area (Å²) in [5.41, 5.74) is 1.29. The normalized spacial score (nSPS) is 33.2. The molecule has 4 aliphatic rings. The number of piperidine rings is 1. The highest BCUT2D eigenvalue weighted by molar-refractivity contribution is 6.31. The molecule has 24 heavy (non-hydrogen) atoms. The number of carbonyl (C=O) groups excluding carboxylic acids is 1. The van der Waals surface area contributed by atoms with Crippen LogP contribution in [0.2, 0.25) is 5.02 Å². The van der Waals surface area contributed by atoms with Crippen molar-refractivity contribution in [3.05, 3.63) is 46.5 Å². The number of halogens is 1. The lowest BCUT2D eigenvalue weighted by molar-refractivity contribution is -0.0450. The van der Waals surface area contributed by atoms with Gasteiger partial charge in [-0.25, -0.2) is 4.79 Å². The third kappa shape index (κ3) is 2.25. The van der Waals surface area contributed by atoms with E-state index >= 15 is 0 Å². The lowest BCUT2D eigenvalue weighted by Crippen LogP contribution is -2.44. The predicted molar refractivity (Wildman–Crippen MR) is 93.1 cm³/mol. The van der Waals surface area contributed by atoms with Crippen LogP contribution in [0.4, 0.5) is 0 Å². The number of nitrogens with zero attached hydrogens (tertiary/aromatic N) is 1. The third-order valence-electron chi connectivity index (χ3n) is 6.55. The van der Waals surface area contributed by atoms with Crippen molar-refractivity contribution < 1.29 is 9.53 Å². The van der Waals surface area contributed by atoms with Crippen molar-refractivity contribution in [3.63, 3.8) is 0 Å². The van der Waals surface area contributed by atoms with E-state index in [-0.39, 0.29) is 5.97 Å². The minimum absolute atomic E-state index is 0.209. The molecule has 4 heteroatoms. The summed E-state index contributed by atoms with van der Waals surface area (Å²) >= 11 is 6.04. The van der Waals surface area contributed by atoms with E-state index in [9.17, 15) is 4.79 Å². The molecule has 1 saturated heterocycles. The summed E-state index contributed by atoms with van der Waals surface area (Å²) in [6.45, 7) is 3.21. The third-order valence-corrected chi connectivity index (χ3v) is 6.79. The van der Waals surface area contributed by atoms with Crippen LogP contribution in [0, 0.1) is 17.8 Å². The van der Waals surface area contributed by atoms with Gasteiger partial charge in [-0.1, -0.05) is 29.8 Å². The molecule has 3 atom stereocenters. The lowest BCUT2D eigenvalue weighted by Gasteiger charge is -2.40. The van der Waals surface area contributed by atoms with Crippen molar-refractivity contribution in [2.24, 2.45) is 17.8 Å². The summed E-state index contributed by atoms with van der Waals surface area (Å²) in [6, 6.07) is 5.61. The Balaban J connectivity index is 1.29. The molecule has 1 aromatic carbocycles. The van der Waals surface area contributed by atoms with Gasteiger partial charge in [-0.3, -0.25) is 0 Å². The average molecular weight is 344 g/mol. The van der Waals surface area contributed by atoms with E-state index in [1.165, 1.54) is 19.4 Å². The highest BCUT2D eigenvalue weighted by Gasteiger charge is 2.48. The van der Waals surface area contributed by atoms with Gasteiger partial charge in [-0.05, 0) is 42.7 Å². The van der Waals surface area contributed by atoms with Crippen LogP contribution in [0.15, 0.2) is 30.4 Å². The maximum atomic E-state index is 12.2. The molecule has 2 aliphatic heterocycles. The number of ether oxygens (including phenoxy) is 1. The van der Waals surface area contributed by atoms with E-state index in [0.717, 1.165) is 49.2 Å². The monoisotopic (exact) mass is 343 g/mol. The molecule has 2 heterocycles. The number of benzene rings is 1. The van der Waals surface area contributed by atoms with Gasteiger partial charge < -0.3 is 9.64 Å². The molecule has 0 amide bonds. The molecule has 0 N–H and O–H groups in total. The molecule has 0 aromatic heterocycles. The minimum atomic E-state index is -0.415. The van der Waals surface area contributed by atoms with Crippen molar-refractivity contribution in [3.8, 4) is 0 Å². The number of esters is 1. The molecular weight excluding hydrogens is 322 g/mol. The van der Waals surface area contributed by atoms with Gasteiger partial charge in [-0.15, -0.1) is 0 Å². The molecule has 1 saturated carbocycles. The largest absolute Gasteiger partial charge is 0.450 e. The smallest absolute Gasteiger partial charge is 0.339 e. The molecule has 0 radical (unpaired) electrons. The van der Waals surface area contributed by atoms with E-state index in [1.807, 2.05) is 12.1 Å². The highest BCUT2D eigenvalue weighted by Crippen LogP contribution is 2.47. The molecule has 2 bridgehead atoms. The van der Waals surface area contributed by atoms with Gasteiger partial charge in [0.05, 0.1) is 5.56 Å². The molecule has 1 unspecified atom stereocenters. The number of allylic oxidation sites excluding steroid dienone is 2. The molecule has 126 valence electrons. The van der Waals surface area contributed by atoms with E-state index < -0.39 is 5.60 Å². The average Bonchev–Trinajstić information content (AvgIpc) is 3.25. The molecule has 3 nitrogen and oxygen atoms in total. The van der Waals surface area contributed by atoms with Crippen molar-refractivity contribution in [2.75, 3.05) is 19.6 Å². The van der Waals surface area contributed by atoms with Crippen molar-refractivity contribution in [1.29, 1.82) is 0 Å². The zero-order chi connectivity index (χ0) is 16.3. The SMILES string of the molecule is O=C1OC2(CCN(CC3C[C@H]4C=C[C@H]3C4)CC2)c2ccc(Cl)cc21. The maximum Gasteiger partial charge on any atom is 0.339 e. The topological polar surface area (TPSA) is 29.5 Å². The first-order valence-electron chi connectivity index (χ1n) is 9.07. The summed E-state index contributed by atoms with van der Waals surface area (Å²) in [5.74, 6) is 2.26. The number of hydrogen-bond acceptors (Lipinski definition) is 3. The van der Waals surface area contributed by atoms with Crippen LogP contribution in [0.1, 0.15) is 41.6 Å². The summed E-state index contributed by atoms with van der Waals surface area (Å²) < 4.78 is 5.85. The standard InChI is InChI=1S/C20H22ClNO2/c21-16-3-4-18-17(11-16)19(23)24-20(18)5-7-22(8-6-20)12-15-10-13-1-2-14(15)9-13/h1-4,11,13-15H,5-10,12H2/t13-,14-,15?/m0/s1. The van der Waals surface area contributed by atoms with Gasteiger partial charge in [0.1, 0.15) is 5.60 Å². The minimum Gasteiger partial charge on any atom is -0.450 e. The number of carbonyl (C=O) groups is 1. The molecular formula is C20H22ClNO2. The first-order valence-corrected chi connectivity index (χ1v) is 9.45. The van der Waals surface area contributed by atoms with Crippen LogP contribution in [-0.4, -0.2) is 30.5 Å². The van der Waals surface area contributed by atoms with Crippen LogP contribution in [-0.2, 0) is 10.3 Å². The zero-order valence-corrected chi connectivity index (χ0v) is 14.5. The first kappa shape index (κ1) is 15.0. The van der Waals surface area contributed by atoms with Crippen LogP contribution in [0.5, 0.6) is 0 Å². The second-order valence-electron chi connectivity index (χ2n) is 7.91. The van der Waals surface area contributed by atoms with Crippen molar-refractivity contribution in [2.45, 2.75) is 31.3 Å². The van der Waals surface area contributed by atoms with Crippen LogP contribution in [0.3, 0.4) is 0 Å². The van der Waals surface area contributed by atoms with E-state index in [2.05, 4.69) is 17.1 Å². The van der Waals surface area contributed by atoms with Crippen LogP contribution in [0.25, 0.3) is 0 Å². The Labute approximate surface area is 147 Å². The molecule has 5 rings (SSSR count). The zero-order valence-electron chi connectivity index (χ0n) is 13.7. The van der Waals surface area contributed by atoms with Gasteiger partial charge in [-0.2, -0.15) is 0 Å². The van der Waals surface area contributed by atoms with Crippen LogP contribution < -0.4 is 0 Å². The highest BCUT2D eigenvalue weighted by atomic mass is 35.5.